The van der Waals surface area contributed by atoms with Crippen LogP contribution in [0.25, 0.3) is 0 Å². The van der Waals surface area contributed by atoms with Crippen LogP contribution in [0.15, 0.2) is 205 Å². The summed E-state index contributed by atoms with van der Waals surface area (Å²) in [6.07, 6.45) is 4.56. The van der Waals surface area contributed by atoms with Crippen LogP contribution in [0.3, 0.4) is 0 Å². The van der Waals surface area contributed by atoms with Crippen LogP contribution < -0.4 is 48.8 Å². The van der Waals surface area contributed by atoms with Crippen LogP contribution in [-0.2, 0) is 19.1 Å². The maximum absolute atomic E-state index is 12.0. The van der Waals surface area contributed by atoms with E-state index >= 15 is 0 Å². The second kappa shape index (κ2) is 28.1. The molecule has 6 rings (SSSR count). The van der Waals surface area contributed by atoms with Crippen molar-refractivity contribution in [2.45, 2.75) is 28.7 Å². The van der Waals surface area contributed by atoms with Crippen LogP contribution >= 0.6 is 31.1 Å². The number of esters is 2. The molecule has 4 nitrogen and oxygen atoms in total. The first-order chi connectivity index (χ1) is 26.8. The van der Waals surface area contributed by atoms with Gasteiger partial charge in [-0.1, -0.05) is 182 Å². The van der Waals surface area contributed by atoms with E-state index in [1.54, 1.807) is 13.0 Å². The van der Waals surface area contributed by atoms with Gasteiger partial charge in [0.15, 0.2) is 0 Å². The zero-order chi connectivity index (χ0) is 39.3. The highest BCUT2D eigenvalue weighted by Gasteiger charge is 2.44. The SMILES string of the molecule is C.C.COC(=O)/C(C)=C/CBr.COC(=O)/C(C)=C/C[P+](c1ccccc1)(c1ccccc1)c1ccccc1.[Br-].c1ccc(P(c2ccccc2)c2ccccc2)cc1. The zero-order valence-electron chi connectivity index (χ0n) is 32.2. The van der Waals surface area contributed by atoms with E-state index in [1.807, 2.05) is 31.2 Å². The second-order valence-electron chi connectivity index (χ2n) is 12.3. The molecule has 0 spiro atoms. The third kappa shape index (κ3) is 14.7. The fraction of sp³-hybridized carbons (Fsp3) is 0.160. The Hall–Kier alpha value is -4.44. The summed E-state index contributed by atoms with van der Waals surface area (Å²) in [4.78, 5) is 22.6. The van der Waals surface area contributed by atoms with Gasteiger partial charge in [0.2, 0.25) is 0 Å². The minimum absolute atomic E-state index is 0. The molecule has 304 valence electrons. The van der Waals surface area contributed by atoms with Crippen molar-refractivity contribution in [1.29, 1.82) is 0 Å². The molecule has 0 bridgehead atoms. The molecule has 0 amide bonds. The monoisotopic (exact) mass is 940 g/mol. The molecule has 8 heteroatoms. The summed E-state index contributed by atoms with van der Waals surface area (Å²) in [5.41, 5.74) is 1.28. The van der Waals surface area contributed by atoms with Gasteiger partial charge in [0.05, 0.1) is 20.4 Å². The number of carbonyl (C=O) groups excluding carboxylic acids is 2. The van der Waals surface area contributed by atoms with Gasteiger partial charge in [0.1, 0.15) is 23.2 Å². The van der Waals surface area contributed by atoms with Gasteiger partial charge in [-0.25, -0.2) is 9.59 Å². The molecule has 0 heterocycles. The van der Waals surface area contributed by atoms with Crippen molar-refractivity contribution in [1.82, 2.24) is 0 Å². The van der Waals surface area contributed by atoms with E-state index in [4.69, 9.17) is 4.74 Å². The molecule has 0 aliphatic carbocycles. The fourth-order valence-electron chi connectivity index (χ4n) is 5.87. The van der Waals surface area contributed by atoms with Crippen molar-refractivity contribution in [3.8, 4) is 0 Å². The van der Waals surface area contributed by atoms with E-state index in [0.717, 1.165) is 6.16 Å². The molecule has 0 aliphatic heterocycles. The lowest BCUT2D eigenvalue weighted by atomic mass is 10.3. The van der Waals surface area contributed by atoms with Crippen molar-refractivity contribution >= 4 is 74.9 Å². The molecule has 0 N–H and O–H groups in total. The Balaban J connectivity index is 0.000000475. The number of ether oxygens (including phenoxy) is 2. The highest BCUT2D eigenvalue weighted by atomic mass is 79.9. The quantitative estimate of drug-likeness (QED) is 0.0592. The third-order valence-corrected chi connectivity index (χ3v) is 15.7. The Morgan fingerprint density at radius 1 is 0.500 bits per heavy atom. The Morgan fingerprint density at radius 2 is 0.759 bits per heavy atom. The van der Waals surface area contributed by atoms with Gasteiger partial charge in [-0.15, -0.1) is 0 Å². The number of hydrogen-bond acceptors (Lipinski definition) is 4. The van der Waals surface area contributed by atoms with Gasteiger partial charge >= 0.3 is 11.9 Å². The standard InChI is InChI=1S/C24H24O2P.C18H15P.C6H9BrO2.2CH4.BrH/c1-20(24(25)26-2)18-19-27(21-12-6-3-7-13-21,22-14-8-4-9-15-22)23-16-10-5-11-17-23;1-4-10-16(11-5-1)19(17-12-6-2-7-13-17)18-14-8-3-9-15-18;1-5(3-4-7)6(8)9-2;;;/h3-18H,19H2,1-2H3;1-15H;3H,4H2,1-2H3;2*1H4;1H/q+1;;;;;/p-1/b20-18+;;5-3+;;;. The van der Waals surface area contributed by atoms with E-state index in [1.165, 1.54) is 46.0 Å². The predicted molar refractivity (Wildman–Crippen MR) is 254 cm³/mol. The number of rotatable bonds is 11. The fourth-order valence-corrected chi connectivity index (χ4v) is 12.8. The molecule has 0 saturated heterocycles. The highest BCUT2D eigenvalue weighted by molar-refractivity contribution is 9.09. The van der Waals surface area contributed by atoms with E-state index in [0.29, 0.717) is 16.5 Å². The van der Waals surface area contributed by atoms with Gasteiger partial charge in [-0.2, -0.15) is 0 Å². The molecule has 58 heavy (non-hydrogen) atoms. The van der Waals surface area contributed by atoms with Crippen LogP contribution in [0.2, 0.25) is 0 Å². The normalized spacial score (nSPS) is 10.7. The maximum Gasteiger partial charge on any atom is 0.333 e. The van der Waals surface area contributed by atoms with Crippen molar-refractivity contribution in [3.05, 3.63) is 205 Å². The van der Waals surface area contributed by atoms with Crippen LogP contribution in [-0.4, -0.2) is 37.7 Å². The second-order valence-corrected chi connectivity index (χ2v) is 18.7. The summed E-state index contributed by atoms with van der Waals surface area (Å²) in [5, 5.41) is 8.79. The van der Waals surface area contributed by atoms with E-state index < -0.39 is 15.2 Å². The number of halogens is 2. The number of carbonyl (C=O) groups is 2. The van der Waals surface area contributed by atoms with Crippen molar-refractivity contribution < 1.29 is 36.0 Å². The van der Waals surface area contributed by atoms with Gasteiger partial charge < -0.3 is 26.5 Å². The Bertz CT molecular complexity index is 1890. The molecular formula is C50H56Br2O4P2. The van der Waals surface area contributed by atoms with Gasteiger partial charge in [-0.3, -0.25) is 0 Å². The van der Waals surface area contributed by atoms with Crippen LogP contribution in [0.1, 0.15) is 28.7 Å². The molecule has 0 fully saturated rings. The number of allylic oxidation sites excluding steroid dienone is 2. The van der Waals surface area contributed by atoms with E-state index in [2.05, 4.69) is 184 Å². The molecule has 0 atom stereocenters. The van der Waals surface area contributed by atoms with Crippen molar-refractivity contribution in [3.63, 3.8) is 0 Å². The van der Waals surface area contributed by atoms with Crippen LogP contribution in [0, 0.1) is 0 Å². The number of hydrogen-bond donors (Lipinski definition) is 0. The predicted octanol–water partition coefficient (Wildman–Crippen LogP) is 7.32. The average Bonchev–Trinajstić information content (AvgIpc) is 3.26. The highest BCUT2D eigenvalue weighted by Crippen LogP contribution is 2.55. The lowest BCUT2D eigenvalue weighted by Crippen LogP contribution is -3.00. The van der Waals surface area contributed by atoms with Crippen molar-refractivity contribution in [2.75, 3.05) is 25.7 Å². The Kier molecular flexibility index (Phi) is 25.0. The summed E-state index contributed by atoms with van der Waals surface area (Å²) in [6, 6.07) is 64.2. The first-order valence-electron chi connectivity index (χ1n) is 17.9. The topological polar surface area (TPSA) is 52.6 Å². The minimum Gasteiger partial charge on any atom is -1.00 e. The molecular weight excluding hydrogens is 886 g/mol. The number of methoxy groups -OCH3 is 2. The first-order valence-corrected chi connectivity index (χ1v) is 22.4. The lowest BCUT2D eigenvalue weighted by molar-refractivity contribution is -0.136. The molecule has 0 aliphatic rings. The summed E-state index contributed by atoms with van der Waals surface area (Å²) in [6.45, 7) is 3.54. The maximum atomic E-state index is 12.0. The van der Waals surface area contributed by atoms with E-state index in [9.17, 15) is 9.59 Å². The molecule has 0 radical (unpaired) electrons. The molecule has 0 aromatic heterocycles. The molecule has 0 saturated carbocycles. The number of benzene rings is 6. The Labute approximate surface area is 368 Å². The van der Waals surface area contributed by atoms with Crippen molar-refractivity contribution in [2.24, 2.45) is 0 Å². The summed E-state index contributed by atoms with van der Waals surface area (Å²) in [7, 11) is 0.406. The first kappa shape index (κ1) is 51.6. The zero-order valence-corrected chi connectivity index (χ0v) is 37.1. The Morgan fingerprint density at radius 3 is 1.02 bits per heavy atom. The molecule has 0 unspecified atom stereocenters. The number of alkyl halides is 1. The van der Waals surface area contributed by atoms with Crippen LogP contribution in [0.5, 0.6) is 0 Å². The molecule has 6 aromatic carbocycles. The van der Waals surface area contributed by atoms with Gasteiger partial charge in [0, 0.05) is 16.5 Å². The minimum atomic E-state index is -1.94. The van der Waals surface area contributed by atoms with Gasteiger partial charge in [-0.05, 0) is 80.2 Å². The third-order valence-electron chi connectivity index (χ3n) is 8.70. The largest absolute Gasteiger partial charge is 1.00 e. The average molecular weight is 943 g/mol. The van der Waals surface area contributed by atoms with Gasteiger partial charge in [0.25, 0.3) is 0 Å². The summed E-state index contributed by atoms with van der Waals surface area (Å²) < 4.78 is 9.34. The summed E-state index contributed by atoms with van der Waals surface area (Å²) in [5.74, 6) is -0.545. The van der Waals surface area contributed by atoms with Crippen LogP contribution in [0.4, 0.5) is 0 Å². The van der Waals surface area contributed by atoms with E-state index in [-0.39, 0.29) is 43.8 Å². The molecule has 6 aromatic rings. The summed E-state index contributed by atoms with van der Waals surface area (Å²) >= 11 is 3.16. The lowest BCUT2D eigenvalue weighted by Gasteiger charge is -2.26. The smallest absolute Gasteiger partial charge is 0.333 e.